The van der Waals surface area contributed by atoms with Crippen molar-refractivity contribution >= 4 is 17.3 Å². The van der Waals surface area contributed by atoms with Crippen LogP contribution in [-0.4, -0.2) is 25.7 Å². The first-order chi connectivity index (χ1) is 4.20. The first-order valence-corrected chi connectivity index (χ1v) is 2.73. The maximum atomic E-state index is 5.10. The fourth-order valence-corrected chi connectivity index (χ4v) is 0.426. The molecule has 0 aromatic carbocycles. The van der Waals surface area contributed by atoms with Crippen LogP contribution >= 0.6 is 12.2 Å². The summed E-state index contributed by atoms with van der Waals surface area (Å²) in [7, 11) is 2.97. The van der Waals surface area contributed by atoms with E-state index in [-0.39, 0.29) is 5.11 Å². The average molecular weight is 150 g/mol. The maximum absolute atomic E-state index is 5.10. The molecular formula is C4H10N2O2S. The summed E-state index contributed by atoms with van der Waals surface area (Å²) in [6.45, 7) is 0. The average Bonchev–Trinajstić information content (AvgIpc) is 1.82. The number of hydrogen-bond acceptors (Lipinski definition) is 3. The van der Waals surface area contributed by atoms with Crippen LogP contribution in [0.25, 0.3) is 0 Å². The number of thiocarbonyl (C=S) groups is 1. The van der Waals surface area contributed by atoms with E-state index >= 15 is 0 Å². The molecule has 54 valence electrons. The molecule has 4 nitrogen and oxygen atoms in total. The van der Waals surface area contributed by atoms with Crippen molar-refractivity contribution in [2.24, 2.45) is 5.73 Å². The highest BCUT2D eigenvalue weighted by atomic mass is 32.1. The number of methoxy groups -OCH3 is 2. The van der Waals surface area contributed by atoms with Crippen LogP contribution in [0.2, 0.25) is 0 Å². The van der Waals surface area contributed by atoms with Crippen LogP contribution in [0.5, 0.6) is 0 Å². The molecule has 0 heterocycles. The van der Waals surface area contributed by atoms with Gasteiger partial charge < -0.3 is 20.5 Å². The molecule has 0 aliphatic carbocycles. The maximum Gasteiger partial charge on any atom is 0.239 e. The standard InChI is InChI=1S/C4H10N2O2S/c1-7-4(8-2)6-3(5)9/h4H,1-2H3,(H3,5,6,9). The minimum Gasteiger partial charge on any atom is -0.376 e. The largest absolute Gasteiger partial charge is 0.376 e. The van der Waals surface area contributed by atoms with E-state index in [1.165, 1.54) is 14.2 Å². The third-order valence-electron chi connectivity index (χ3n) is 0.688. The lowest BCUT2D eigenvalue weighted by atomic mass is 10.9. The van der Waals surface area contributed by atoms with Crippen molar-refractivity contribution in [3.63, 3.8) is 0 Å². The lowest BCUT2D eigenvalue weighted by Gasteiger charge is -2.13. The smallest absolute Gasteiger partial charge is 0.239 e. The van der Waals surface area contributed by atoms with E-state index in [1.807, 2.05) is 0 Å². The van der Waals surface area contributed by atoms with E-state index in [1.54, 1.807) is 0 Å². The van der Waals surface area contributed by atoms with Crippen LogP contribution in [0.4, 0.5) is 0 Å². The summed E-state index contributed by atoms with van der Waals surface area (Å²) in [5.74, 6) is 0. The fraction of sp³-hybridized carbons (Fsp3) is 0.750. The Morgan fingerprint density at radius 2 is 2.00 bits per heavy atom. The Bertz CT molecular complexity index is 94.6. The Kier molecular flexibility index (Phi) is 4.29. The summed E-state index contributed by atoms with van der Waals surface area (Å²) < 4.78 is 9.42. The second kappa shape index (κ2) is 4.49. The predicted molar refractivity (Wildman–Crippen MR) is 37.7 cm³/mol. The summed E-state index contributed by atoms with van der Waals surface area (Å²) in [6.07, 6.45) is -0.539. The second-order valence-electron chi connectivity index (χ2n) is 1.31. The number of nitrogens with one attached hydrogen (secondary N) is 1. The third kappa shape index (κ3) is 4.14. The van der Waals surface area contributed by atoms with Gasteiger partial charge in [-0.15, -0.1) is 0 Å². The highest BCUT2D eigenvalue weighted by Crippen LogP contribution is 1.82. The van der Waals surface area contributed by atoms with Crippen molar-refractivity contribution in [1.29, 1.82) is 0 Å². The number of rotatable bonds is 3. The third-order valence-corrected chi connectivity index (χ3v) is 0.806. The van der Waals surface area contributed by atoms with Gasteiger partial charge in [-0.3, -0.25) is 0 Å². The lowest BCUT2D eigenvalue weighted by Crippen LogP contribution is -2.40. The van der Waals surface area contributed by atoms with Crippen LogP contribution in [0.3, 0.4) is 0 Å². The molecule has 0 aromatic heterocycles. The molecule has 9 heavy (non-hydrogen) atoms. The molecule has 0 saturated carbocycles. The highest BCUT2D eigenvalue weighted by Gasteiger charge is 2.01. The van der Waals surface area contributed by atoms with Gasteiger partial charge in [-0.2, -0.15) is 0 Å². The Balaban J connectivity index is 3.43. The minimum atomic E-state index is -0.539. The summed E-state index contributed by atoms with van der Waals surface area (Å²) in [4.78, 5) is 0. The minimum absolute atomic E-state index is 0.156. The highest BCUT2D eigenvalue weighted by molar-refractivity contribution is 7.80. The first-order valence-electron chi connectivity index (χ1n) is 2.32. The fourth-order valence-electron chi connectivity index (χ4n) is 0.330. The Hall–Kier alpha value is -0.390. The molecule has 0 fully saturated rings. The SMILES string of the molecule is COC(NC(N)=S)OC. The molecule has 0 atom stereocenters. The van der Waals surface area contributed by atoms with Crippen molar-refractivity contribution in [3.05, 3.63) is 0 Å². The van der Waals surface area contributed by atoms with Crippen molar-refractivity contribution in [2.75, 3.05) is 14.2 Å². The van der Waals surface area contributed by atoms with E-state index in [0.717, 1.165) is 0 Å². The van der Waals surface area contributed by atoms with Gasteiger partial charge in [0.05, 0.1) is 0 Å². The van der Waals surface area contributed by atoms with Gasteiger partial charge in [-0.25, -0.2) is 0 Å². The van der Waals surface area contributed by atoms with E-state index < -0.39 is 6.41 Å². The van der Waals surface area contributed by atoms with Crippen LogP contribution in [0.15, 0.2) is 0 Å². The molecule has 3 N–H and O–H groups in total. The van der Waals surface area contributed by atoms with Crippen LogP contribution in [-0.2, 0) is 9.47 Å². The molecule has 0 aromatic rings. The normalized spacial score (nSPS) is 9.67. The van der Waals surface area contributed by atoms with Gasteiger partial charge >= 0.3 is 0 Å². The molecule has 0 spiro atoms. The van der Waals surface area contributed by atoms with E-state index in [9.17, 15) is 0 Å². The molecule has 0 saturated heterocycles. The zero-order chi connectivity index (χ0) is 7.28. The van der Waals surface area contributed by atoms with Crippen LogP contribution in [0, 0.1) is 0 Å². The Labute approximate surface area is 59.3 Å². The molecule has 0 bridgehead atoms. The zero-order valence-corrected chi connectivity index (χ0v) is 6.20. The molecule has 0 aliphatic heterocycles. The quantitative estimate of drug-likeness (QED) is 0.415. The topological polar surface area (TPSA) is 56.5 Å². The molecule has 0 radical (unpaired) electrons. The summed E-state index contributed by atoms with van der Waals surface area (Å²) >= 11 is 4.51. The second-order valence-corrected chi connectivity index (χ2v) is 1.75. The Morgan fingerprint density at radius 3 is 2.11 bits per heavy atom. The first kappa shape index (κ1) is 8.61. The summed E-state index contributed by atoms with van der Waals surface area (Å²) in [6, 6.07) is 0. The number of ether oxygens (including phenoxy) is 2. The van der Waals surface area contributed by atoms with Crippen LogP contribution in [0.1, 0.15) is 0 Å². The Morgan fingerprint density at radius 1 is 1.56 bits per heavy atom. The van der Waals surface area contributed by atoms with Gasteiger partial charge in [0, 0.05) is 14.2 Å². The van der Waals surface area contributed by atoms with Gasteiger partial charge in [-0.05, 0) is 12.2 Å². The van der Waals surface area contributed by atoms with Crippen molar-refractivity contribution in [3.8, 4) is 0 Å². The van der Waals surface area contributed by atoms with Gasteiger partial charge in [0.15, 0.2) is 5.11 Å². The summed E-state index contributed by atoms with van der Waals surface area (Å²) in [5, 5.41) is 2.70. The van der Waals surface area contributed by atoms with Crippen LogP contribution < -0.4 is 11.1 Å². The molecule has 0 amide bonds. The monoisotopic (exact) mass is 150 g/mol. The molecule has 0 aliphatic rings. The predicted octanol–water partition coefficient (Wildman–Crippen LogP) is -0.604. The van der Waals surface area contributed by atoms with Gasteiger partial charge in [0.1, 0.15) is 0 Å². The number of nitrogens with two attached hydrogens (primary N) is 1. The van der Waals surface area contributed by atoms with Crippen molar-refractivity contribution in [2.45, 2.75) is 6.41 Å². The van der Waals surface area contributed by atoms with Gasteiger partial charge in [0.25, 0.3) is 0 Å². The van der Waals surface area contributed by atoms with Gasteiger partial charge in [0.2, 0.25) is 6.41 Å². The molecule has 0 unspecified atom stereocenters. The lowest BCUT2D eigenvalue weighted by molar-refractivity contribution is -0.111. The van der Waals surface area contributed by atoms with E-state index in [2.05, 4.69) is 17.5 Å². The van der Waals surface area contributed by atoms with Gasteiger partial charge in [-0.1, -0.05) is 0 Å². The summed E-state index contributed by atoms with van der Waals surface area (Å²) in [5.41, 5.74) is 5.10. The zero-order valence-electron chi connectivity index (χ0n) is 5.38. The molecule has 5 heteroatoms. The number of hydrogen-bond donors (Lipinski definition) is 2. The van der Waals surface area contributed by atoms with E-state index in [0.29, 0.717) is 0 Å². The molecular weight excluding hydrogens is 140 g/mol. The molecule has 0 rings (SSSR count). The van der Waals surface area contributed by atoms with E-state index in [4.69, 9.17) is 15.2 Å². The van der Waals surface area contributed by atoms with Crippen molar-refractivity contribution < 1.29 is 9.47 Å². The van der Waals surface area contributed by atoms with Crippen molar-refractivity contribution in [1.82, 2.24) is 5.32 Å².